The van der Waals surface area contributed by atoms with E-state index in [2.05, 4.69) is 9.97 Å². The number of aryl methyl sites for hydroxylation is 1. The number of aromatic amines is 1. The molecule has 9 heteroatoms. The van der Waals surface area contributed by atoms with Gasteiger partial charge in [-0.1, -0.05) is 18.2 Å². The molecule has 1 aliphatic rings. The van der Waals surface area contributed by atoms with Gasteiger partial charge in [-0.3, -0.25) is 18.7 Å². The van der Waals surface area contributed by atoms with Crippen molar-refractivity contribution in [3.8, 4) is 0 Å². The van der Waals surface area contributed by atoms with Crippen LogP contribution in [0.4, 0.5) is 0 Å². The van der Waals surface area contributed by atoms with Crippen molar-refractivity contribution in [2.24, 2.45) is 0 Å². The van der Waals surface area contributed by atoms with Crippen LogP contribution in [0.2, 0.25) is 0 Å². The van der Waals surface area contributed by atoms with Gasteiger partial charge in [-0.05, 0) is 37.6 Å². The summed E-state index contributed by atoms with van der Waals surface area (Å²) in [5.74, 6) is 0.483. The quantitative estimate of drug-likeness (QED) is 0.671. The molecule has 2 aromatic heterocycles. The molecule has 0 bridgehead atoms. The van der Waals surface area contributed by atoms with Crippen molar-refractivity contribution in [2.45, 2.75) is 26.9 Å². The lowest BCUT2D eigenvalue weighted by Crippen LogP contribution is -2.40. The predicted octanol–water partition coefficient (Wildman–Crippen LogP) is 1.57. The number of imidazole rings is 1. The summed E-state index contributed by atoms with van der Waals surface area (Å²) >= 11 is 0. The number of amides is 1. The van der Waals surface area contributed by atoms with Gasteiger partial charge in [-0.25, -0.2) is 9.78 Å². The number of rotatable bonds is 5. The van der Waals surface area contributed by atoms with Gasteiger partial charge >= 0.3 is 5.69 Å². The number of hydrogen-bond donors (Lipinski definition) is 1. The third-order valence-corrected chi connectivity index (χ3v) is 5.40. The van der Waals surface area contributed by atoms with Crippen LogP contribution in [-0.4, -0.2) is 56.2 Å². The maximum atomic E-state index is 12.6. The molecule has 1 aliphatic heterocycles. The highest BCUT2D eigenvalue weighted by Gasteiger charge is 2.18. The Hall–Kier alpha value is -3.46. The summed E-state index contributed by atoms with van der Waals surface area (Å²) < 4.78 is 7.97. The fourth-order valence-corrected chi connectivity index (χ4v) is 3.69. The first kappa shape index (κ1) is 20.8. The topological polar surface area (TPSA) is 102 Å². The zero-order chi connectivity index (χ0) is 22.0. The SMILES string of the molecule is CCn1c(=O)c2[nH]c(/C=C/c3ccc(C(=O)N4CCOCC4)cc3)nc2n(CC)c1=O. The molecule has 0 unspecified atom stereocenters. The van der Waals surface area contributed by atoms with Gasteiger partial charge in [0.05, 0.1) is 13.2 Å². The minimum atomic E-state index is -0.370. The van der Waals surface area contributed by atoms with Crippen molar-refractivity contribution in [1.29, 1.82) is 0 Å². The Morgan fingerprint density at radius 3 is 2.39 bits per heavy atom. The zero-order valence-electron chi connectivity index (χ0n) is 17.6. The lowest BCUT2D eigenvalue weighted by atomic mass is 10.1. The lowest BCUT2D eigenvalue weighted by molar-refractivity contribution is 0.0303. The molecular formula is C22H25N5O4. The average Bonchev–Trinajstić information content (AvgIpc) is 3.23. The van der Waals surface area contributed by atoms with E-state index in [9.17, 15) is 14.4 Å². The molecule has 1 saturated heterocycles. The Bertz CT molecular complexity index is 1240. The maximum Gasteiger partial charge on any atom is 0.332 e. The van der Waals surface area contributed by atoms with E-state index in [4.69, 9.17) is 4.74 Å². The van der Waals surface area contributed by atoms with Crippen LogP contribution in [0, 0.1) is 0 Å². The first-order valence-electron chi connectivity index (χ1n) is 10.4. The summed E-state index contributed by atoms with van der Waals surface area (Å²) in [5.41, 5.74) is 1.46. The Labute approximate surface area is 178 Å². The highest BCUT2D eigenvalue weighted by atomic mass is 16.5. The monoisotopic (exact) mass is 423 g/mol. The number of ether oxygens (including phenoxy) is 1. The number of H-pyrrole nitrogens is 1. The van der Waals surface area contributed by atoms with Gasteiger partial charge in [0.15, 0.2) is 5.65 Å². The molecule has 1 fully saturated rings. The molecule has 0 spiro atoms. The largest absolute Gasteiger partial charge is 0.378 e. The van der Waals surface area contributed by atoms with Gasteiger partial charge in [0.2, 0.25) is 0 Å². The molecule has 31 heavy (non-hydrogen) atoms. The molecule has 0 atom stereocenters. The van der Waals surface area contributed by atoms with E-state index in [0.29, 0.717) is 61.9 Å². The molecule has 3 aromatic rings. The molecule has 9 nitrogen and oxygen atoms in total. The maximum absolute atomic E-state index is 12.6. The van der Waals surface area contributed by atoms with Crippen LogP contribution in [0.5, 0.6) is 0 Å². The summed E-state index contributed by atoms with van der Waals surface area (Å²) in [6.45, 7) is 6.67. The van der Waals surface area contributed by atoms with Gasteiger partial charge < -0.3 is 14.6 Å². The lowest BCUT2D eigenvalue weighted by Gasteiger charge is -2.26. The van der Waals surface area contributed by atoms with Gasteiger partial charge in [0.25, 0.3) is 11.5 Å². The third kappa shape index (κ3) is 3.96. The number of aromatic nitrogens is 4. The molecule has 162 valence electrons. The first-order chi connectivity index (χ1) is 15.0. The van der Waals surface area contributed by atoms with Crippen molar-refractivity contribution in [3.05, 3.63) is 62.1 Å². The van der Waals surface area contributed by atoms with E-state index in [0.717, 1.165) is 5.56 Å². The summed E-state index contributed by atoms with van der Waals surface area (Å²) in [6, 6.07) is 7.31. The van der Waals surface area contributed by atoms with Crippen LogP contribution in [0.25, 0.3) is 23.3 Å². The Morgan fingerprint density at radius 2 is 1.74 bits per heavy atom. The van der Waals surface area contributed by atoms with Gasteiger partial charge in [-0.15, -0.1) is 0 Å². The standard InChI is InChI=1S/C22H25N5O4/c1-3-26-19-18(21(29)27(4-2)22(26)30)23-17(24-19)10-7-15-5-8-16(9-6-15)20(28)25-11-13-31-14-12-25/h5-10H,3-4,11-14H2,1-2H3,(H,23,24)/b10-7+. The van der Waals surface area contributed by atoms with E-state index in [1.54, 1.807) is 30.0 Å². The third-order valence-electron chi connectivity index (χ3n) is 5.40. The zero-order valence-corrected chi connectivity index (χ0v) is 17.6. The first-order valence-corrected chi connectivity index (χ1v) is 10.4. The molecule has 3 heterocycles. The second-order valence-corrected chi connectivity index (χ2v) is 7.26. The van der Waals surface area contributed by atoms with Crippen LogP contribution in [-0.2, 0) is 17.8 Å². The molecule has 1 amide bonds. The Kier molecular flexibility index (Phi) is 5.85. The summed E-state index contributed by atoms with van der Waals surface area (Å²) in [6.07, 6.45) is 3.59. The van der Waals surface area contributed by atoms with Crippen LogP contribution in [0.15, 0.2) is 33.9 Å². The molecule has 0 saturated carbocycles. The van der Waals surface area contributed by atoms with E-state index in [1.807, 2.05) is 25.1 Å². The van der Waals surface area contributed by atoms with E-state index in [1.165, 1.54) is 9.13 Å². The predicted molar refractivity (Wildman–Crippen MR) is 118 cm³/mol. The molecular weight excluding hydrogens is 398 g/mol. The van der Waals surface area contributed by atoms with Crippen LogP contribution in [0.1, 0.15) is 35.6 Å². The molecule has 4 rings (SSSR count). The highest BCUT2D eigenvalue weighted by Crippen LogP contribution is 2.13. The number of fused-ring (bicyclic) bond motifs is 1. The van der Waals surface area contributed by atoms with Gasteiger partial charge in [-0.2, -0.15) is 0 Å². The van der Waals surface area contributed by atoms with Crippen LogP contribution >= 0.6 is 0 Å². The van der Waals surface area contributed by atoms with Crippen molar-refractivity contribution in [2.75, 3.05) is 26.3 Å². The highest BCUT2D eigenvalue weighted by molar-refractivity contribution is 5.94. The molecule has 0 radical (unpaired) electrons. The number of nitrogens with zero attached hydrogens (tertiary/aromatic N) is 4. The Balaban J connectivity index is 1.58. The van der Waals surface area contributed by atoms with Crippen molar-refractivity contribution < 1.29 is 9.53 Å². The number of carbonyl (C=O) groups excluding carboxylic acids is 1. The van der Waals surface area contributed by atoms with E-state index in [-0.39, 0.29) is 17.2 Å². The van der Waals surface area contributed by atoms with E-state index >= 15 is 0 Å². The van der Waals surface area contributed by atoms with Crippen molar-refractivity contribution in [1.82, 2.24) is 24.0 Å². The summed E-state index contributed by atoms with van der Waals surface area (Å²) in [7, 11) is 0. The summed E-state index contributed by atoms with van der Waals surface area (Å²) in [4.78, 5) is 46.8. The smallest absolute Gasteiger partial charge is 0.332 e. The summed E-state index contributed by atoms with van der Waals surface area (Å²) in [5, 5.41) is 0. The van der Waals surface area contributed by atoms with Crippen LogP contribution < -0.4 is 11.2 Å². The van der Waals surface area contributed by atoms with Gasteiger partial charge in [0, 0.05) is 31.7 Å². The van der Waals surface area contributed by atoms with E-state index < -0.39 is 0 Å². The normalized spacial score (nSPS) is 14.6. The molecule has 0 aliphatic carbocycles. The van der Waals surface area contributed by atoms with Crippen molar-refractivity contribution >= 4 is 29.2 Å². The number of morpholine rings is 1. The number of carbonyl (C=O) groups is 1. The fourth-order valence-electron chi connectivity index (χ4n) is 3.69. The number of benzene rings is 1. The van der Waals surface area contributed by atoms with Gasteiger partial charge in [0.1, 0.15) is 11.3 Å². The molecule has 1 aromatic carbocycles. The second-order valence-electron chi connectivity index (χ2n) is 7.26. The van der Waals surface area contributed by atoms with Crippen LogP contribution in [0.3, 0.4) is 0 Å². The van der Waals surface area contributed by atoms with Crippen molar-refractivity contribution in [3.63, 3.8) is 0 Å². The minimum Gasteiger partial charge on any atom is -0.378 e. The fraction of sp³-hybridized carbons (Fsp3) is 0.364. The number of hydrogen-bond acceptors (Lipinski definition) is 5. The Morgan fingerprint density at radius 1 is 1.06 bits per heavy atom. The minimum absolute atomic E-state index is 0.000791. The molecule has 1 N–H and O–H groups in total. The number of nitrogens with one attached hydrogen (secondary N) is 1. The average molecular weight is 423 g/mol. The second kappa shape index (κ2) is 8.73.